The molecule has 1 aliphatic rings. The molecule has 0 spiro atoms. The number of hydrogen-bond donors (Lipinski definition) is 1. The van der Waals surface area contributed by atoms with Crippen LogP contribution in [0.25, 0.3) is 0 Å². The summed E-state index contributed by atoms with van der Waals surface area (Å²) in [6.45, 7) is 6.30. The zero-order chi connectivity index (χ0) is 21.0. The fraction of sp³-hybridized carbons (Fsp3) is 0.391. The molecule has 0 bridgehead atoms. The highest BCUT2D eigenvalue weighted by Gasteiger charge is 2.41. The molecule has 0 saturated carbocycles. The highest BCUT2D eigenvalue weighted by atomic mass is 16.6. The Morgan fingerprint density at radius 1 is 1.03 bits per heavy atom. The Morgan fingerprint density at radius 3 is 2.28 bits per heavy atom. The zero-order valence-electron chi connectivity index (χ0n) is 17.0. The predicted molar refractivity (Wildman–Crippen MR) is 109 cm³/mol. The normalized spacial score (nSPS) is 19.1. The number of hydrogen-bond acceptors (Lipinski definition) is 4. The predicted octanol–water partition coefficient (Wildman–Crippen LogP) is 4.30. The lowest BCUT2D eigenvalue weighted by Gasteiger charge is -2.24. The van der Waals surface area contributed by atoms with E-state index in [0.717, 1.165) is 11.1 Å². The average Bonchev–Trinajstić information content (AvgIpc) is 3.12. The lowest BCUT2D eigenvalue weighted by molar-refractivity contribution is -0.141. The van der Waals surface area contributed by atoms with E-state index in [0.29, 0.717) is 18.9 Å². The standard InChI is InChI=1S/C23H27NO5/c1-23(2,3)29-22(27)24-13-19(20(14-24)21(25)26)17-9-11-18(12-10-17)28-15-16-7-5-4-6-8-16/h4-12,19-20H,13-15H2,1-3H3,(H,25,26)/t19-,20-/m0/s1. The van der Waals surface area contributed by atoms with E-state index in [-0.39, 0.29) is 12.5 Å². The highest BCUT2D eigenvalue weighted by Crippen LogP contribution is 2.34. The van der Waals surface area contributed by atoms with Gasteiger partial charge in [-0.05, 0) is 44.0 Å². The summed E-state index contributed by atoms with van der Waals surface area (Å²) in [7, 11) is 0. The van der Waals surface area contributed by atoms with Crippen molar-refractivity contribution in [1.29, 1.82) is 0 Å². The van der Waals surface area contributed by atoms with Crippen LogP contribution in [0.5, 0.6) is 5.75 Å². The van der Waals surface area contributed by atoms with Crippen LogP contribution in [-0.2, 0) is 16.1 Å². The molecule has 6 nitrogen and oxygen atoms in total. The molecule has 1 fully saturated rings. The SMILES string of the molecule is CC(C)(C)OC(=O)N1C[C@H](C(=O)O)[C@H](c2ccc(OCc3ccccc3)cc2)C1. The lowest BCUT2D eigenvalue weighted by atomic mass is 9.89. The molecule has 154 valence electrons. The van der Waals surface area contributed by atoms with Gasteiger partial charge in [0.2, 0.25) is 0 Å². The molecule has 1 N–H and O–H groups in total. The quantitative estimate of drug-likeness (QED) is 0.814. The maximum atomic E-state index is 12.4. The van der Waals surface area contributed by atoms with Crippen LogP contribution in [0.3, 0.4) is 0 Å². The van der Waals surface area contributed by atoms with Gasteiger partial charge in [-0.2, -0.15) is 0 Å². The minimum absolute atomic E-state index is 0.140. The number of carbonyl (C=O) groups excluding carboxylic acids is 1. The molecule has 2 atom stereocenters. The molecule has 1 saturated heterocycles. The van der Waals surface area contributed by atoms with Crippen LogP contribution in [0, 0.1) is 5.92 Å². The van der Waals surface area contributed by atoms with Gasteiger partial charge in [-0.1, -0.05) is 42.5 Å². The number of carboxylic acids is 1. The van der Waals surface area contributed by atoms with Gasteiger partial charge in [0.15, 0.2) is 0 Å². The minimum Gasteiger partial charge on any atom is -0.489 e. The van der Waals surface area contributed by atoms with Gasteiger partial charge in [0.25, 0.3) is 0 Å². The second-order valence-electron chi connectivity index (χ2n) is 8.28. The number of carbonyl (C=O) groups is 2. The van der Waals surface area contributed by atoms with E-state index < -0.39 is 23.6 Å². The molecule has 0 aliphatic carbocycles. The fourth-order valence-electron chi connectivity index (χ4n) is 3.42. The van der Waals surface area contributed by atoms with Gasteiger partial charge in [-0.15, -0.1) is 0 Å². The van der Waals surface area contributed by atoms with E-state index in [1.165, 1.54) is 4.90 Å². The van der Waals surface area contributed by atoms with Gasteiger partial charge in [-0.25, -0.2) is 4.79 Å². The van der Waals surface area contributed by atoms with Gasteiger partial charge < -0.3 is 19.5 Å². The van der Waals surface area contributed by atoms with Gasteiger partial charge in [0.1, 0.15) is 18.0 Å². The molecule has 0 aromatic heterocycles. The third-order valence-electron chi connectivity index (χ3n) is 4.85. The zero-order valence-corrected chi connectivity index (χ0v) is 17.0. The largest absolute Gasteiger partial charge is 0.489 e. The van der Waals surface area contributed by atoms with E-state index in [1.54, 1.807) is 20.8 Å². The van der Waals surface area contributed by atoms with Gasteiger partial charge >= 0.3 is 12.1 Å². The first kappa shape index (κ1) is 20.7. The van der Waals surface area contributed by atoms with E-state index in [1.807, 2.05) is 54.6 Å². The maximum Gasteiger partial charge on any atom is 0.410 e. The Kier molecular flexibility index (Phi) is 6.11. The Bertz CT molecular complexity index is 842. The summed E-state index contributed by atoms with van der Waals surface area (Å²) in [5.41, 5.74) is 1.33. The third kappa shape index (κ3) is 5.50. The summed E-state index contributed by atoms with van der Waals surface area (Å²) in [5, 5.41) is 9.64. The van der Waals surface area contributed by atoms with Crippen LogP contribution in [0.4, 0.5) is 4.79 Å². The third-order valence-corrected chi connectivity index (χ3v) is 4.85. The average molecular weight is 397 g/mol. The molecular formula is C23H27NO5. The van der Waals surface area contributed by atoms with Gasteiger partial charge in [0.05, 0.1) is 5.92 Å². The lowest BCUT2D eigenvalue weighted by Crippen LogP contribution is -2.35. The van der Waals surface area contributed by atoms with Crippen molar-refractivity contribution >= 4 is 12.1 Å². The Labute approximate surface area is 171 Å². The Balaban J connectivity index is 1.67. The van der Waals surface area contributed by atoms with Crippen molar-refractivity contribution < 1.29 is 24.2 Å². The van der Waals surface area contributed by atoms with Crippen molar-refractivity contribution in [3.63, 3.8) is 0 Å². The molecule has 6 heteroatoms. The summed E-state index contributed by atoms with van der Waals surface area (Å²) in [6, 6.07) is 17.3. The molecule has 2 aromatic rings. The summed E-state index contributed by atoms with van der Waals surface area (Å²) < 4.78 is 11.2. The first-order valence-corrected chi connectivity index (χ1v) is 9.70. The summed E-state index contributed by atoms with van der Waals surface area (Å²) in [5.74, 6) is -1.15. The van der Waals surface area contributed by atoms with Crippen molar-refractivity contribution in [2.24, 2.45) is 5.92 Å². The van der Waals surface area contributed by atoms with Crippen LogP contribution in [-0.4, -0.2) is 40.8 Å². The van der Waals surface area contributed by atoms with Crippen molar-refractivity contribution in [1.82, 2.24) is 4.90 Å². The molecule has 1 aliphatic heterocycles. The van der Waals surface area contributed by atoms with E-state index in [9.17, 15) is 14.7 Å². The number of nitrogens with zero attached hydrogens (tertiary/aromatic N) is 1. The second kappa shape index (κ2) is 8.55. The number of rotatable bonds is 5. The number of likely N-dealkylation sites (tertiary alicyclic amines) is 1. The molecule has 0 radical (unpaired) electrons. The highest BCUT2D eigenvalue weighted by molar-refractivity contribution is 5.76. The van der Waals surface area contributed by atoms with Crippen LogP contribution in [0.2, 0.25) is 0 Å². The van der Waals surface area contributed by atoms with E-state index in [4.69, 9.17) is 9.47 Å². The van der Waals surface area contributed by atoms with Crippen LogP contribution in [0.1, 0.15) is 37.8 Å². The number of aliphatic carboxylic acids is 1. The number of amides is 1. The van der Waals surface area contributed by atoms with E-state index in [2.05, 4.69) is 0 Å². The van der Waals surface area contributed by atoms with E-state index >= 15 is 0 Å². The molecule has 1 amide bonds. The molecule has 29 heavy (non-hydrogen) atoms. The monoisotopic (exact) mass is 397 g/mol. The van der Waals surface area contributed by atoms with Crippen molar-refractivity contribution in [3.05, 3.63) is 65.7 Å². The van der Waals surface area contributed by atoms with Crippen LogP contribution < -0.4 is 4.74 Å². The van der Waals surface area contributed by atoms with Crippen LogP contribution in [0.15, 0.2) is 54.6 Å². The van der Waals surface area contributed by atoms with Crippen molar-refractivity contribution in [2.75, 3.05) is 13.1 Å². The Hall–Kier alpha value is -3.02. The Morgan fingerprint density at radius 2 is 1.69 bits per heavy atom. The summed E-state index contributed by atoms with van der Waals surface area (Å²) >= 11 is 0. The second-order valence-corrected chi connectivity index (χ2v) is 8.28. The molecule has 0 unspecified atom stereocenters. The smallest absolute Gasteiger partial charge is 0.410 e. The summed E-state index contributed by atoms with van der Waals surface area (Å²) in [6.07, 6.45) is -0.478. The first-order chi connectivity index (χ1) is 13.7. The molecule has 1 heterocycles. The van der Waals surface area contributed by atoms with Crippen molar-refractivity contribution in [2.45, 2.75) is 38.9 Å². The number of ether oxygens (including phenoxy) is 2. The summed E-state index contributed by atoms with van der Waals surface area (Å²) in [4.78, 5) is 25.6. The number of carboxylic acid groups (broad SMARTS) is 1. The van der Waals surface area contributed by atoms with Crippen molar-refractivity contribution in [3.8, 4) is 5.75 Å². The maximum absolute atomic E-state index is 12.4. The number of benzene rings is 2. The molecule has 2 aromatic carbocycles. The van der Waals surface area contributed by atoms with Gasteiger partial charge in [-0.3, -0.25) is 4.79 Å². The molecule has 3 rings (SSSR count). The van der Waals surface area contributed by atoms with Crippen LogP contribution >= 0.6 is 0 Å². The topological polar surface area (TPSA) is 76.1 Å². The van der Waals surface area contributed by atoms with Gasteiger partial charge in [0, 0.05) is 19.0 Å². The minimum atomic E-state index is -0.912. The molecular weight excluding hydrogens is 370 g/mol. The fourth-order valence-corrected chi connectivity index (χ4v) is 3.42. The first-order valence-electron chi connectivity index (χ1n) is 9.70.